The second-order valence-corrected chi connectivity index (χ2v) is 9.16. The number of nitrogens with one attached hydrogen (secondary N) is 1. The van der Waals surface area contributed by atoms with Gasteiger partial charge in [-0.05, 0) is 53.6 Å². The highest BCUT2D eigenvalue weighted by Crippen LogP contribution is 2.28. The van der Waals surface area contributed by atoms with Crippen LogP contribution < -0.4 is 10.2 Å². The van der Waals surface area contributed by atoms with Gasteiger partial charge in [0.15, 0.2) is 0 Å². The normalized spacial score (nSPS) is 11.5. The van der Waals surface area contributed by atoms with Gasteiger partial charge < -0.3 is 15.1 Å². The number of benzene rings is 4. The molecule has 5 nitrogen and oxygen atoms in total. The fourth-order valence-electron chi connectivity index (χ4n) is 4.21. The molecule has 1 atom stereocenters. The van der Waals surface area contributed by atoms with E-state index in [0.29, 0.717) is 5.69 Å². The number of halogens is 2. The first-order chi connectivity index (χ1) is 18.3. The van der Waals surface area contributed by atoms with Gasteiger partial charge in [0.25, 0.3) is 5.91 Å². The predicted molar refractivity (Wildman–Crippen MR) is 146 cm³/mol. The molecule has 1 unspecified atom stereocenters. The highest BCUT2D eigenvalue weighted by molar-refractivity contribution is 5.98. The molecule has 2 amide bonds. The molecular weight excluding hydrogens is 484 g/mol. The molecule has 4 aromatic rings. The summed E-state index contributed by atoms with van der Waals surface area (Å²) in [7, 11) is 3.82. The van der Waals surface area contributed by atoms with Crippen molar-refractivity contribution in [3.63, 3.8) is 0 Å². The maximum Gasteiger partial charge on any atom is 0.251 e. The summed E-state index contributed by atoms with van der Waals surface area (Å²) in [5.41, 5.74) is 2.74. The van der Waals surface area contributed by atoms with E-state index in [1.165, 1.54) is 29.2 Å². The van der Waals surface area contributed by atoms with E-state index in [-0.39, 0.29) is 24.1 Å². The van der Waals surface area contributed by atoms with Crippen molar-refractivity contribution in [2.24, 2.45) is 0 Å². The van der Waals surface area contributed by atoms with Crippen molar-refractivity contribution in [2.45, 2.75) is 19.0 Å². The van der Waals surface area contributed by atoms with Crippen LogP contribution in [0.15, 0.2) is 103 Å². The van der Waals surface area contributed by atoms with Gasteiger partial charge in [-0.3, -0.25) is 9.59 Å². The molecule has 194 valence electrons. The second-order valence-electron chi connectivity index (χ2n) is 9.16. The van der Waals surface area contributed by atoms with Gasteiger partial charge in [-0.15, -0.1) is 0 Å². The van der Waals surface area contributed by atoms with E-state index in [1.807, 2.05) is 61.5 Å². The fraction of sp³-hybridized carbons (Fsp3) is 0.161. The number of anilines is 2. The van der Waals surface area contributed by atoms with E-state index < -0.39 is 29.5 Å². The summed E-state index contributed by atoms with van der Waals surface area (Å²) >= 11 is 0. The van der Waals surface area contributed by atoms with Crippen molar-refractivity contribution in [2.75, 3.05) is 24.3 Å². The predicted octanol–water partition coefficient (Wildman–Crippen LogP) is 5.98. The molecule has 0 aliphatic heterocycles. The Labute approximate surface area is 221 Å². The molecule has 38 heavy (non-hydrogen) atoms. The zero-order chi connectivity index (χ0) is 27.1. The molecule has 0 spiro atoms. The Balaban J connectivity index is 1.74. The Morgan fingerprint density at radius 1 is 0.816 bits per heavy atom. The van der Waals surface area contributed by atoms with Gasteiger partial charge >= 0.3 is 0 Å². The maximum atomic E-state index is 14.7. The highest BCUT2D eigenvalue weighted by Gasteiger charge is 2.32. The summed E-state index contributed by atoms with van der Waals surface area (Å²) in [5, 5.41) is 2.86. The molecule has 0 bridgehead atoms. The molecule has 0 fully saturated rings. The van der Waals surface area contributed by atoms with Gasteiger partial charge in [0.2, 0.25) is 5.91 Å². The van der Waals surface area contributed by atoms with Gasteiger partial charge in [-0.1, -0.05) is 60.7 Å². The summed E-state index contributed by atoms with van der Waals surface area (Å²) in [4.78, 5) is 30.8. The van der Waals surface area contributed by atoms with Gasteiger partial charge in [-0.2, -0.15) is 0 Å². The first-order valence-corrected chi connectivity index (χ1v) is 12.2. The molecule has 0 saturated carbocycles. The third-order valence-corrected chi connectivity index (χ3v) is 6.19. The van der Waals surface area contributed by atoms with Crippen molar-refractivity contribution in [1.82, 2.24) is 4.90 Å². The standard InChI is InChI=1S/C31H29F2N3O2/c1-35(2)27-17-15-26(16-18-27)34-31(38)30(23-12-8-13-25(32)20-23)36(21-24-11-6-7-14-28(24)33)29(37)19-22-9-4-3-5-10-22/h3-18,20,30H,19,21H2,1-2H3,(H,34,38). The van der Waals surface area contributed by atoms with E-state index in [4.69, 9.17) is 0 Å². The lowest BCUT2D eigenvalue weighted by molar-refractivity contribution is -0.139. The Bertz CT molecular complexity index is 1390. The Kier molecular flexibility index (Phi) is 8.48. The largest absolute Gasteiger partial charge is 0.378 e. The Hall–Kier alpha value is -4.52. The number of hydrogen-bond donors (Lipinski definition) is 1. The minimum absolute atomic E-state index is 0.00802. The lowest BCUT2D eigenvalue weighted by Gasteiger charge is -2.32. The number of amides is 2. The van der Waals surface area contributed by atoms with Crippen molar-refractivity contribution < 1.29 is 18.4 Å². The van der Waals surface area contributed by atoms with E-state index in [9.17, 15) is 18.4 Å². The Morgan fingerprint density at radius 3 is 2.16 bits per heavy atom. The number of nitrogens with zero attached hydrogens (tertiary/aromatic N) is 2. The average molecular weight is 514 g/mol. The van der Waals surface area contributed by atoms with Crippen LogP contribution >= 0.6 is 0 Å². The molecular formula is C31H29F2N3O2. The van der Waals surface area contributed by atoms with Crippen molar-refractivity contribution in [3.8, 4) is 0 Å². The summed E-state index contributed by atoms with van der Waals surface area (Å²) in [6.45, 7) is -0.174. The van der Waals surface area contributed by atoms with Crippen LogP contribution in [0.5, 0.6) is 0 Å². The number of rotatable bonds is 9. The highest BCUT2D eigenvalue weighted by atomic mass is 19.1. The summed E-state index contributed by atoms with van der Waals surface area (Å²) in [6, 6.07) is 26.8. The van der Waals surface area contributed by atoms with Crippen LogP contribution in [0.1, 0.15) is 22.7 Å². The third-order valence-electron chi connectivity index (χ3n) is 6.19. The maximum absolute atomic E-state index is 14.7. The van der Waals surface area contributed by atoms with Crippen LogP contribution in [0.25, 0.3) is 0 Å². The summed E-state index contributed by atoms with van der Waals surface area (Å²) < 4.78 is 29.1. The second kappa shape index (κ2) is 12.1. The van der Waals surface area contributed by atoms with E-state index in [0.717, 1.165) is 11.3 Å². The zero-order valence-corrected chi connectivity index (χ0v) is 21.3. The lowest BCUT2D eigenvalue weighted by atomic mass is 10.0. The quantitative estimate of drug-likeness (QED) is 0.300. The molecule has 1 N–H and O–H groups in total. The van der Waals surface area contributed by atoms with Crippen LogP contribution in [-0.2, 0) is 22.6 Å². The Morgan fingerprint density at radius 2 is 1.50 bits per heavy atom. The first kappa shape index (κ1) is 26.5. The van der Waals surface area contributed by atoms with Crippen molar-refractivity contribution >= 4 is 23.2 Å². The van der Waals surface area contributed by atoms with Crippen LogP contribution in [0, 0.1) is 11.6 Å². The lowest BCUT2D eigenvalue weighted by Crippen LogP contribution is -2.42. The number of carbonyl (C=O) groups excluding carboxylic acids is 2. The van der Waals surface area contributed by atoms with Crippen LogP contribution in [0.3, 0.4) is 0 Å². The SMILES string of the molecule is CN(C)c1ccc(NC(=O)C(c2cccc(F)c2)N(Cc2ccccc2F)C(=O)Cc2ccccc2)cc1. The van der Waals surface area contributed by atoms with Crippen LogP contribution in [0.2, 0.25) is 0 Å². The number of hydrogen-bond acceptors (Lipinski definition) is 3. The van der Waals surface area contributed by atoms with E-state index >= 15 is 0 Å². The molecule has 4 rings (SSSR count). The molecule has 0 aromatic heterocycles. The minimum atomic E-state index is -1.21. The third kappa shape index (κ3) is 6.62. The van der Waals surface area contributed by atoms with Gasteiger partial charge in [0.05, 0.1) is 6.42 Å². The fourth-order valence-corrected chi connectivity index (χ4v) is 4.21. The van der Waals surface area contributed by atoms with Crippen LogP contribution in [-0.4, -0.2) is 30.8 Å². The molecule has 4 aromatic carbocycles. The van der Waals surface area contributed by atoms with Crippen molar-refractivity contribution in [3.05, 3.63) is 131 Å². The molecule has 0 saturated heterocycles. The summed E-state index contributed by atoms with van der Waals surface area (Å²) in [5.74, 6) is -1.97. The molecule has 0 heterocycles. The number of carbonyl (C=O) groups is 2. The smallest absolute Gasteiger partial charge is 0.251 e. The van der Waals surface area contributed by atoms with Gasteiger partial charge in [-0.25, -0.2) is 8.78 Å². The average Bonchev–Trinajstić information content (AvgIpc) is 2.90. The van der Waals surface area contributed by atoms with E-state index in [2.05, 4.69) is 5.32 Å². The van der Waals surface area contributed by atoms with Gasteiger partial charge in [0.1, 0.15) is 17.7 Å². The molecule has 0 radical (unpaired) electrons. The van der Waals surface area contributed by atoms with Gasteiger partial charge in [0, 0.05) is 37.6 Å². The van der Waals surface area contributed by atoms with E-state index in [1.54, 1.807) is 36.4 Å². The minimum Gasteiger partial charge on any atom is -0.378 e. The van der Waals surface area contributed by atoms with Crippen molar-refractivity contribution in [1.29, 1.82) is 0 Å². The molecule has 7 heteroatoms. The topological polar surface area (TPSA) is 52.7 Å². The molecule has 0 aliphatic carbocycles. The first-order valence-electron chi connectivity index (χ1n) is 12.2. The molecule has 0 aliphatic rings. The zero-order valence-electron chi connectivity index (χ0n) is 21.3. The summed E-state index contributed by atoms with van der Waals surface area (Å²) in [6.07, 6.45) is -0.00802. The monoisotopic (exact) mass is 513 g/mol. The van der Waals surface area contributed by atoms with Crippen LogP contribution in [0.4, 0.5) is 20.2 Å².